The van der Waals surface area contributed by atoms with E-state index >= 15 is 0 Å². The van der Waals surface area contributed by atoms with Crippen LogP contribution >= 0.6 is 0 Å². The summed E-state index contributed by atoms with van der Waals surface area (Å²) in [5, 5.41) is 2.64. The van der Waals surface area contributed by atoms with Crippen molar-refractivity contribution >= 4 is 12.2 Å². The molecule has 0 fully saturated rings. The molecule has 0 bridgehead atoms. The predicted octanol–water partition coefficient (Wildman–Crippen LogP) is 3.23. The zero-order valence-corrected chi connectivity index (χ0v) is 11.0. The predicted molar refractivity (Wildman–Crippen MR) is 72.0 cm³/mol. The minimum atomic E-state index is -0.464. The van der Waals surface area contributed by atoms with E-state index in [4.69, 9.17) is 9.47 Å². The lowest BCUT2D eigenvalue weighted by Crippen LogP contribution is -2.27. The number of hydrogen-bond donors (Lipinski definition) is 1. The Morgan fingerprint density at radius 3 is 2.78 bits per heavy atom. The molecule has 1 aromatic carbocycles. The van der Waals surface area contributed by atoms with Crippen LogP contribution in [0.4, 0.5) is 4.79 Å². The summed E-state index contributed by atoms with van der Waals surface area (Å²) in [6, 6.07) is 5.41. The molecule has 0 spiro atoms. The van der Waals surface area contributed by atoms with Gasteiger partial charge in [0, 0.05) is 6.54 Å². The third kappa shape index (κ3) is 4.13. The van der Waals surface area contributed by atoms with E-state index in [9.17, 15) is 4.79 Å². The van der Waals surface area contributed by atoms with Crippen LogP contribution in [0.1, 0.15) is 25.8 Å². The number of carbonyl (C=O) groups is 1. The molecule has 1 rings (SSSR count). The van der Waals surface area contributed by atoms with Crippen molar-refractivity contribution in [1.82, 2.24) is 5.32 Å². The number of ether oxygens (including phenoxy) is 2. The molecular weight excluding hydrogens is 230 g/mol. The molecule has 4 nitrogen and oxygen atoms in total. The quantitative estimate of drug-likeness (QED) is 0.871. The Labute approximate surface area is 108 Å². The fourth-order valence-corrected chi connectivity index (χ4v) is 1.43. The highest BCUT2D eigenvalue weighted by Gasteiger charge is 2.09. The summed E-state index contributed by atoms with van der Waals surface area (Å²) in [6.45, 7) is 4.51. The van der Waals surface area contributed by atoms with Gasteiger partial charge in [-0.05, 0) is 31.0 Å². The molecule has 0 aliphatic carbocycles. The minimum absolute atomic E-state index is 0.416. The van der Waals surface area contributed by atoms with Gasteiger partial charge in [0.2, 0.25) is 0 Å². The number of allylic oxidation sites excluding steroid dienone is 1. The fraction of sp³-hybridized carbons (Fsp3) is 0.357. The molecule has 98 valence electrons. The highest BCUT2D eigenvalue weighted by atomic mass is 16.6. The molecule has 0 unspecified atom stereocenters. The van der Waals surface area contributed by atoms with Crippen molar-refractivity contribution in [3.63, 3.8) is 0 Å². The highest BCUT2D eigenvalue weighted by Crippen LogP contribution is 2.28. The van der Waals surface area contributed by atoms with Crippen LogP contribution in [0.2, 0.25) is 0 Å². The van der Waals surface area contributed by atoms with Crippen LogP contribution in [-0.2, 0) is 0 Å². The van der Waals surface area contributed by atoms with Crippen molar-refractivity contribution in [1.29, 1.82) is 0 Å². The first-order valence-corrected chi connectivity index (χ1v) is 5.97. The molecule has 1 N–H and O–H groups in total. The van der Waals surface area contributed by atoms with Crippen LogP contribution in [0.25, 0.3) is 6.08 Å². The maximum Gasteiger partial charge on any atom is 0.412 e. The molecule has 18 heavy (non-hydrogen) atoms. The smallest absolute Gasteiger partial charge is 0.412 e. The largest absolute Gasteiger partial charge is 0.493 e. The summed E-state index contributed by atoms with van der Waals surface area (Å²) in [7, 11) is 1.55. The van der Waals surface area contributed by atoms with Gasteiger partial charge in [-0.15, -0.1) is 0 Å². The third-order valence-corrected chi connectivity index (χ3v) is 2.27. The first-order chi connectivity index (χ1) is 8.71. The lowest BCUT2D eigenvalue weighted by molar-refractivity contribution is 0.198. The molecule has 1 aromatic rings. The van der Waals surface area contributed by atoms with Crippen LogP contribution in [0.5, 0.6) is 11.5 Å². The summed E-state index contributed by atoms with van der Waals surface area (Å²) in [5.41, 5.74) is 0.996. The van der Waals surface area contributed by atoms with Crippen LogP contribution in [0, 0.1) is 0 Å². The first-order valence-electron chi connectivity index (χ1n) is 5.97. The summed E-state index contributed by atoms with van der Waals surface area (Å²) < 4.78 is 10.4. The maximum atomic E-state index is 11.4. The molecule has 0 radical (unpaired) electrons. The number of nitrogens with one attached hydrogen (secondary N) is 1. The molecule has 0 heterocycles. The Morgan fingerprint density at radius 1 is 1.39 bits per heavy atom. The zero-order chi connectivity index (χ0) is 13.4. The standard InChI is InChI=1S/C14H19NO3/c1-4-6-11-7-8-12(13(10-11)17-3)18-14(16)15-9-5-2/h4,6-8,10H,5,9H2,1-3H3,(H,15,16)/b6-4-. The van der Waals surface area contributed by atoms with Gasteiger partial charge in [-0.25, -0.2) is 4.79 Å². The highest BCUT2D eigenvalue weighted by molar-refractivity contribution is 5.71. The van der Waals surface area contributed by atoms with Gasteiger partial charge in [-0.2, -0.15) is 0 Å². The van der Waals surface area contributed by atoms with Gasteiger partial charge in [0.05, 0.1) is 7.11 Å². The zero-order valence-electron chi connectivity index (χ0n) is 11.0. The van der Waals surface area contributed by atoms with Gasteiger partial charge >= 0.3 is 6.09 Å². The van der Waals surface area contributed by atoms with E-state index in [1.165, 1.54) is 0 Å². The molecule has 0 saturated carbocycles. The van der Waals surface area contributed by atoms with Crippen molar-refractivity contribution in [3.8, 4) is 11.5 Å². The molecule has 0 aliphatic heterocycles. The number of methoxy groups -OCH3 is 1. The van der Waals surface area contributed by atoms with Crippen LogP contribution in [0.3, 0.4) is 0 Å². The van der Waals surface area contributed by atoms with E-state index < -0.39 is 6.09 Å². The fourth-order valence-electron chi connectivity index (χ4n) is 1.43. The van der Waals surface area contributed by atoms with Gasteiger partial charge in [0.1, 0.15) is 0 Å². The van der Waals surface area contributed by atoms with Crippen molar-refractivity contribution < 1.29 is 14.3 Å². The van der Waals surface area contributed by atoms with E-state index in [1.807, 2.05) is 38.1 Å². The number of carbonyl (C=O) groups excluding carboxylic acids is 1. The Bertz CT molecular complexity index is 427. The Hall–Kier alpha value is -1.97. The second kappa shape index (κ2) is 7.37. The van der Waals surface area contributed by atoms with Crippen LogP contribution in [0.15, 0.2) is 24.3 Å². The number of amides is 1. The van der Waals surface area contributed by atoms with Gasteiger partial charge in [-0.1, -0.05) is 25.1 Å². The van der Waals surface area contributed by atoms with E-state index in [2.05, 4.69) is 5.32 Å². The molecule has 1 amide bonds. The average molecular weight is 249 g/mol. The third-order valence-electron chi connectivity index (χ3n) is 2.27. The Morgan fingerprint density at radius 2 is 2.17 bits per heavy atom. The molecule has 4 heteroatoms. The lowest BCUT2D eigenvalue weighted by Gasteiger charge is -2.10. The van der Waals surface area contributed by atoms with Crippen molar-refractivity contribution in [3.05, 3.63) is 29.8 Å². The van der Waals surface area contributed by atoms with E-state index in [0.29, 0.717) is 18.0 Å². The normalized spacial score (nSPS) is 10.4. The van der Waals surface area contributed by atoms with Crippen molar-refractivity contribution in [2.45, 2.75) is 20.3 Å². The Balaban J connectivity index is 2.79. The summed E-state index contributed by atoms with van der Waals surface area (Å²) in [6.07, 6.45) is 4.29. The van der Waals surface area contributed by atoms with Crippen LogP contribution in [-0.4, -0.2) is 19.7 Å². The van der Waals surface area contributed by atoms with Crippen LogP contribution < -0.4 is 14.8 Å². The lowest BCUT2D eigenvalue weighted by atomic mass is 10.2. The second-order valence-electron chi connectivity index (χ2n) is 3.73. The SMILES string of the molecule is C/C=C\c1ccc(OC(=O)NCCC)c(OC)c1. The number of hydrogen-bond acceptors (Lipinski definition) is 3. The van der Waals surface area contributed by atoms with Gasteiger partial charge in [-0.3, -0.25) is 0 Å². The van der Waals surface area contributed by atoms with Crippen molar-refractivity contribution in [2.24, 2.45) is 0 Å². The number of benzene rings is 1. The Kier molecular flexibility index (Phi) is 5.77. The van der Waals surface area contributed by atoms with E-state index in [-0.39, 0.29) is 0 Å². The summed E-state index contributed by atoms with van der Waals surface area (Å²) >= 11 is 0. The molecule has 0 aliphatic rings. The molecule has 0 aromatic heterocycles. The number of rotatable bonds is 5. The second-order valence-corrected chi connectivity index (χ2v) is 3.73. The topological polar surface area (TPSA) is 47.6 Å². The average Bonchev–Trinajstić information content (AvgIpc) is 2.38. The summed E-state index contributed by atoms with van der Waals surface area (Å²) in [5.74, 6) is 0.955. The van der Waals surface area contributed by atoms with Crippen molar-refractivity contribution in [2.75, 3.05) is 13.7 Å². The summed E-state index contributed by atoms with van der Waals surface area (Å²) in [4.78, 5) is 11.4. The molecule has 0 saturated heterocycles. The molecular formula is C14H19NO3. The van der Waals surface area contributed by atoms with E-state index in [0.717, 1.165) is 12.0 Å². The molecule has 0 atom stereocenters. The monoisotopic (exact) mass is 249 g/mol. The maximum absolute atomic E-state index is 11.4. The van der Waals surface area contributed by atoms with Gasteiger partial charge < -0.3 is 14.8 Å². The van der Waals surface area contributed by atoms with Gasteiger partial charge in [0.25, 0.3) is 0 Å². The minimum Gasteiger partial charge on any atom is -0.493 e. The van der Waals surface area contributed by atoms with E-state index in [1.54, 1.807) is 13.2 Å². The van der Waals surface area contributed by atoms with Gasteiger partial charge in [0.15, 0.2) is 11.5 Å². The first kappa shape index (κ1) is 14.1.